The number of nitrogens with zero attached hydrogens (tertiary/aromatic N) is 2. The maximum absolute atomic E-state index is 12.9. The highest BCUT2D eigenvalue weighted by molar-refractivity contribution is 5.99. The second-order valence-electron chi connectivity index (χ2n) is 7.01. The number of benzene rings is 1. The van der Waals surface area contributed by atoms with Crippen molar-refractivity contribution in [1.29, 1.82) is 0 Å². The monoisotopic (exact) mass is 416 g/mol. The molecule has 1 atom stereocenters. The Labute approximate surface area is 173 Å². The van der Waals surface area contributed by atoms with Crippen LogP contribution >= 0.6 is 0 Å². The third-order valence-corrected chi connectivity index (χ3v) is 4.85. The van der Waals surface area contributed by atoms with E-state index in [1.165, 1.54) is 36.1 Å². The topological polar surface area (TPSA) is 127 Å². The van der Waals surface area contributed by atoms with Crippen molar-refractivity contribution in [3.63, 3.8) is 0 Å². The summed E-state index contributed by atoms with van der Waals surface area (Å²) in [5.41, 5.74) is 0.647. The Morgan fingerprint density at radius 1 is 1.20 bits per heavy atom. The molecule has 1 aromatic rings. The van der Waals surface area contributed by atoms with Crippen molar-refractivity contribution in [1.82, 2.24) is 4.90 Å². The lowest BCUT2D eigenvalue weighted by Crippen LogP contribution is -2.37. The molecule has 1 unspecified atom stereocenters. The molecule has 0 saturated heterocycles. The van der Waals surface area contributed by atoms with Gasteiger partial charge in [0.2, 0.25) is 0 Å². The molecule has 0 bridgehead atoms. The molecule has 0 spiro atoms. The van der Waals surface area contributed by atoms with Crippen LogP contribution in [0.4, 0.5) is 5.69 Å². The Bertz CT molecular complexity index is 962. The van der Waals surface area contributed by atoms with Crippen molar-refractivity contribution in [3.8, 4) is 0 Å². The van der Waals surface area contributed by atoms with Gasteiger partial charge in [0.05, 0.1) is 35.1 Å². The highest BCUT2D eigenvalue weighted by atomic mass is 16.6. The van der Waals surface area contributed by atoms with Gasteiger partial charge in [0.25, 0.3) is 5.69 Å². The summed E-state index contributed by atoms with van der Waals surface area (Å²) in [6.45, 7) is 6.37. The summed E-state index contributed by atoms with van der Waals surface area (Å²) in [5, 5.41) is 21.2. The number of non-ortho nitro benzene ring substituents is 1. The minimum Gasteiger partial charge on any atom is -0.478 e. The molecule has 30 heavy (non-hydrogen) atoms. The summed E-state index contributed by atoms with van der Waals surface area (Å²) < 4.78 is 5.29. The lowest BCUT2D eigenvalue weighted by atomic mass is 9.79. The number of nitro benzene ring substituents is 1. The molecule has 1 aliphatic rings. The van der Waals surface area contributed by atoms with Crippen LogP contribution in [-0.2, 0) is 19.1 Å². The molecule has 0 aromatic heterocycles. The van der Waals surface area contributed by atoms with Gasteiger partial charge in [0.15, 0.2) is 0 Å². The molecule has 0 radical (unpaired) electrons. The number of carbonyl (C=O) groups excluding carboxylic acids is 2. The number of carboxylic acids is 1. The number of hydrogen-bond donors (Lipinski definition) is 1. The Balaban J connectivity index is 2.78. The first-order valence-electron chi connectivity index (χ1n) is 9.43. The molecule has 1 aliphatic heterocycles. The van der Waals surface area contributed by atoms with Gasteiger partial charge in [-0.1, -0.05) is 19.1 Å². The summed E-state index contributed by atoms with van der Waals surface area (Å²) in [5.74, 6) is -3.29. The van der Waals surface area contributed by atoms with Gasteiger partial charge in [-0.3, -0.25) is 14.9 Å². The van der Waals surface area contributed by atoms with Crippen molar-refractivity contribution in [3.05, 3.63) is 62.5 Å². The van der Waals surface area contributed by atoms with Gasteiger partial charge in [0.1, 0.15) is 5.78 Å². The predicted octanol–water partition coefficient (Wildman–Crippen LogP) is 3.17. The molecular formula is C21H24N2O7. The highest BCUT2D eigenvalue weighted by Crippen LogP contribution is 2.43. The first kappa shape index (κ1) is 22.8. The Morgan fingerprint density at radius 3 is 2.37 bits per heavy atom. The summed E-state index contributed by atoms with van der Waals surface area (Å²) in [6.07, 6.45) is 0.567. The number of esters is 1. The number of ether oxygens (including phenoxy) is 1. The van der Waals surface area contributed by atoms with Crippen LogP contribution in [0.25, 0.3) is 0 Å². The second-order valence-corrected chi connectivity index (χ2v) is 7.01. The zero-order valence-corrected chi connectivity index (χ0v) is 17.3. The van der Waals surface area contributed by atoms with Crippen LogP contribution in [0.15, 0.2) is 46.8 Å². The van der Waals surface area contributed by atoms with Gasteiger partial charge in [-0.15, -0.1) is 0 Å². The predicted molar refractivity (Wildman–Crippen MR) is 108 cm³/mol. The number of ketones is 1. The molecule has 1 N–H and O–H groups in total. The van der Waals surface area contributed by atoms with E-state index in [1.807, 2.05) is 6.92 Å². The van der Waals surface area contributed by atoms with Crippen LogP contribution in [0.5, 0.6) is 0 Å². The zero-order chi connectivity index (χ0) is 22.6. The SMILES string of the molecule is CCCOC(=O)C1=C(C)N(CC(C)=O)C(C)=C(C(=O)O)C1c1cccc([N+](=O)[O-])c1. The van der Waals surface area contributed by atoms with Crippen molar-refractivity contribution in [2.75, 3.05) is 13.2 Å². The van der Waals surface area contributed by atoms with Gasteiger partial charge in [0, 0.05) is 23.5 Å². The van der Waals surface area contributed by atoms with E-state index in [2.05, 4.69) is 0 Å². The molecule has 0 fully saturated rings. The van der Waals surface area contributed by atoms with Crippen LogP contribution in [-0.4, -0.2) is 45.8 Å². The maximum atomic E-state index is 12.9. The summed E-state index contributed by atoms with van der Waals surface area (Å²) in [4.78, 5) is 49.0. The van der Waals surface area contributed by atoms with Crippen LogP contribution in [0, 0.1) is 10.1 Å². The standard InChI is InChI=1S/C21H24N2O7/c1-5-9-30-21(27)18-14(4)22(11-12(2)24)13(3)17(20(25)26)19(18)15-7-6-8-16(10-15)23(28)29/h6-8,10,19H,5,9,11H2,1-4H3,(H,25,26). The molecule has 0 saturated carbocycles. The molecule has 0 amide bonds. The average Bonchev–Trinajstić information content (AvgIpc) is 2.68. The molecule has 0 aliphatic carbocycles. The van der Waals surface area contributed by atoms with Gasteiger partial charge >= 0.3 is 11.9 Å². The Kier molecular flexibility index (Phi) is 7.10. The smallest absolute Gasteiger partial charge is 0.336 e. The summed E-state index contributed by atoms with van der Waals surface area (Å²) in [6, 6.07) is 5.52. The number of nitro groups is 1. The summed E-state index contributed by atoms with van der Waals surface area (Å²) in [7, 11) is 0. The normalized spacial score (nSPS) is 16.5. The van der Waals surface area contributed by atoms with Crippen molar-refractivity contribution >= 4 is 23.4 Å². The first-order chi connectivity index (χ1) is 14.1. The highest BCUT2D eigenvalue weighted by Gasteiger charge is 2.40. The first-order valence-corrected chi connectivity index (χ1v) is 9.43. The second kappa shape index (κ2) is 9.34. The Hall–Kier alpha value is -3.49. The van der Waals surface area contributed by atoms with E-state index >= 15 is 0 Å². The third-order valence-electron chi connectivity index (χ3n) is 4.85. The Morgan fingerprint density at radius 2 is 1.83 bits per heavy atom. The number of hydrogen-bond acceptors (Lipinski definition) is 7. The van der Waals surface area contributed by atoms with Crippen LogP contribution in [0.2, 0.25) is 0 Å². The van der Waals surface area contributed by atoms with E-state index in [1.54, 1.807) is 13.8 Å². The fourth-order valence-electron chi connectivity index (χ4n) is 3.53. The van der Waals surface area contributed by atoms with Gasteiger partial charge in [-0.25, -0.2) is 9.59 Å². The van der Waals surface area contributed by atoms with Crippen LogP contribution < -0.4 is 0 Å². The van der Waals surface area contributed by atoms with E-state index in [9.17, 15) is 29.6 Å². The van der Waals surface area contributed by atoms with Gasteiger partial charge in [-0.05, 0) is 32.8 Å². The summed E-state index contributed by atoms with van der Waals surface area (Å²) >= 11 is 0. The molecule has 1 aromatic carbocycles. The molecule has 9 heteroatoms. The van der Waals surface area contributed by atoms with Crippen molar-refractivity contribution < 1.29 is 29.2 Å². The molecule has 2 rings (SSSR count). The van der Waals surface area contributed by atoms with E-state index in [0.29, 0.717) is 17.8 Å². The zero-order valence-electron chi connectivity index (χ0n) is 17.3. The molecule has 9 nitrogen and oxygen atoms in total. The van der Waals surface area contributed by atoms with Gasteiger partial charge < -0.3 is 14.7 Å². The number of Topliss-reactive ketones (excluding diaryl/α,β-unsaturated/α-hetero) is 1. The van der Waals surface area contributed by atoms with E-state index in [-0.39, 0.29) is 41.3 Å². The number of rotatable bonds is 8. The molecule has 1 heterocycles. The fourth-order valence-corrected chi connectivity index (χ4v) is 3.53. The van der Waals surface area contributed by atoms with Crippen molar-refractivity contribution in [2.24, 2.45) is 0 Å². The van der Waals surface area contributed by atoms with Gasteiger partial charge in [-0.2, -0.15) is 0 Å². The fraction of sp³-hybridized carbons (Fsp3) is 0.381. The van der Waals surface area contributed by atoms with Crippen LogP contribution in [0.3, 0.4) is 0 Å². The quantitative estimate of drug-likeness (QED) is 0.389. The molecular weight excluding hydrogens is 392 g/mol. The maximum Gasteiger partial charge on any atom is 0.336 e. The number of carboxylic acid groups (broad SMARTS) is 1. The van der Waals surface area contributed by atoms with E-state index < -0.39 is 22.8 Å². The lowest BCUT2D eigenvalue weighted by molar-refractivity contribution is -0.384. The number of allylic oxidation sites excluding steroid dienone is 2. The number of aliphatic carboxylic acids is 1. The van der Waals surface area contributed by atoms with Crippen molar-refractivity contribution in [2.45, 2.75) is 40.0 Å². The van der Waals surface area contributed by atoms with E-state index in [4.69, 9.17) is 4.74 Å². The third kappa shape index (κ3) is 4.56. The number of carbonyl (C=O) groups is 3. The lowest BCUT2D eigenvalue weighted by Gasteiger charge is -2.37. The molecule has 160 valence electrons. The van der Waals surface area contributed by atoms with E-state index in [0.717, 1.165) is 0 Å². The van der Waals surface area contributed by atoms with Crippen LogP contribution in [0.1, 0.15) is 45.6 Å². The average molecular weight is 416 g/mol. The minimum absolute atomic E-state index is 0.0493. The minimum atomic E-state index is -1.29. The largest absolute Gasteiger partial charge is 0.478 e.